The van der Waals surface area contributed by atoms with E-state index in [4.69, 9.17) is 5.73 Å². The van der Waals surface area contributed by atoms with Gasteiger partial charge >= 0.3 is 6.18 Å². The van der Waals surface area contributed by atoms with Gasteiger partial charge in [-0.3, -0.25) is 4.79 Å². The van der Waals surface area contributed by atoms with E-state index in [-0.39, 0.29) is 23.9 Å². The number of carbonyl (C=O) groups excluding carboxylic acids is 1. The van der Waals surface area contributed by atoms with Gasteiger partial charge in [0.15, 0.2) is 0 Å². The second-order valence-corrected chi connectivity index (χ2v) is 5.74. The predicted octanol–water partition coefficient (Wildman–Crippen LogP) is 3.31. The van der Waals surface area contributed by atoms with Crippen LogP contribution in [0.3, 0.4) is 0 Å². The molecule has 0 bridgehead atoms. The minimum atomic E-state index is -4.55. The van der Waals surface area contributed by atoms with E-state index in [2.05, 4.69) is 15.9 Å². The highest BCUT2D eigenvalue weighted by atomic mass is 79.9. The average molecular weight is 388 g/mol. The van der Waals surface area contributed by atoms with Crippen molar-refractivity contribution >= 4 is 34.2 Å². The van der Waals surface area contributed by atoms with Crippen LogP contribution in [-0.2, 0) is 6.18 Å². The zero-order chi connectivity index (χ0) is 14.9. The lowest BCUT2D eigenvalue weighted by Crippen LogP contribution is -2.31. The Morgan fingerprint density at radius 3 is 2.62 bits per heavy atom. The van der Waals surface area contributed by atoms with Crippen molar-refractivity contribution < 1.29 is 18.0 Å². The van der Waals surface area contributed by atoms with E-state index in [0.717, 1.165) is 12.5 Å². The zero-order valence-electron chi connectivity index (χ0n) is 11.0. The van der Waals surface area contributed by atoms with Crippen molar-refractivity contribution in [2.24, 2.45) is 11.7 Å². The van der Waals surface area contributed by atoms with Crippen LogP contribution in [0.15, 0.2) is 22.7 Å². The molecule has 1 amide bonds. The molecule has 1 aliphatic heterocycles. The van der Waals surface area contributed by atoms with Crippen molar-refractivity contribution in [3.05, 3.63) is 33.8 Å². The Morgan fingerprint density at radius 2 is 2.10 bits per heavy atom. The summed E-state index contributed by atoms with van der Waals surface area (Å²) in [5, 5.41) is 0. The number of alkyl halides is 3. The normalized spacial score (nSPS) is 18.5. The van der Waals surface area contributed by atoms with Gasteiger partial charge in [-0.05, 0) is 37.1 Å². The first-order valence-corrected chi connectivity index (χ1v) is 6.98. The number of hydrogen-bond donors (Lipinski definition) is 1. The topological polar surface area (TPSA) is 46.3 Å². The van der Waals surface area contributed by atoms with E-state index >= 15 is 0 Å². The first kappa shape index (κ1) is 18.3. The Morgan fingerprint density at radius 1 is 1.43 bits per heavy atom. The predicted molar refractivity (Wildman–Crippen MR) is 79.5 cm³/mol. The third kappa shape index (κ3) is 4.11. The highest BCUT2D eigenvalue weighted by molar-refractivity contribution is 9.10. The van der Waals surface area contributed by atoms with E-state index in [1.54, 1.807) is 0 Å². The third-order valence-electron chi connectivity index (χ3n) is 3.42. The number of halogens is 5. The monoisotopic (exact) mass is 386 g/mol. The fourth-order valence-corrected chi connectivity index (χ4v) is 2.68. The SMILES string of the molecule is Cl.NCC1CCN(C(=O)c2ccc(Br)cc2C(F)(F)F)C1. The summed E-state index contributed by atoms with van der Waals surface area (Å²) in [6.07, 6.45) is -3.82. The molecule has 118 valence electrons. The number of rotatable bonds is 2. The molecule has 8 heteroatoms. The molecule has 1 saturated heterocycles. The molecule has 1 unspecified atom stereocenters. The summed E-state index contributed by atoms with van der Waals surface area (Å²) in [6.45, 7) is 1.31. The van der Waals surface area contributed by atoms with Crippen molar-refractivity contribution in [2.45, 2.75) is 12.6 Å². The van der Waals surface area contributed by atoms with Gasteiger partial charge in [-0.15, -0.1) is 12.4 Å². The molecule has 1 atom stereocenters. The zero-order valence-corrected chi connectivity index (χ0v) is 13.4. The lowest BCUT2D eigenvalue weighted by molar-refractivity contribution is -0.138. The summed E-state index contributed by atoms with van der Waals surface area (Å²) >= 11 is 3.00. The molecule has 1 heterocycles. The van der Waals surface area contributed by atoms with Crippen molar-refractivity contribution in [1.29, 1.82) is 0 Å². The van der Waals surface area contributed by atoms with E-state index in [1.165, 1.54) is 17.0 Å². The molecule has 2 rings (SSSR count). The van der Waals surface area contributed by atoms with Gasteiger partial charge in [-0.2, -0.15) is 13.2 Å². The molecule has 3 nitrogen and oxygen atoms in total. The lowest BCUT2D eigenvalue weighted by atomic mass is 10.1. The summed E-state index contributed by atoms with van der Waals surface area (Å²) in [5.74, 6) is -0.412. The number of amides is 1. The van der Waals surface area contributed by atoms with Crippen LogP contribution in [0.25, 0.3) is 0 Å². The first-order valence-electron chi connectivity index (χ1n) is 6.19. The summed E-state index contributed by atoms with van der Waals surface area (Å²) in [7, 11) is 0. The smallest absolute Gasteiger partial charge is 0.338 e. The molecule has 2 N–H and O–H groups in total. The number of likely N-dealkylation sites (tertiary alicyclic amines) is 1. The van der Waals surface area contributed by atoms with Crippen LogP contribution in [0.1, 0.15) is 22.3 Å². The van der Waals surface area contributed by atoms with E-state index in [0.29, 0.717) is 24.1 Å². The molecule has 0 radical (unpaired) electrons. The molecule has 1 aromatic rings. The fraction of sp³-hybridized carbons (Fsp3) is 0.462. The highest BCUT2D eigenvalue weighted by Crippen LogP contribution is 2.35. The number of nitrogens with two attached hydrogens (primary N) is 1. The quantitative estimate of drug-likeness (QED) is 0.846. The molecule has 1 aliphatic rings. The van der Waals surface area contributed by atoms with Crippen molar-refractivity contribution in [3.8, 4) is 0 Å². The van der Waals surface area contributed by atoms with Crippen LogP contribution in [0, 0.1) is 5.92 Å². The summed E-state index contributed by atoms with van der Waals surface area (Å²) in [5.41, 5.74) is 4.31. The molecule has 0 spiro atoms. The number of hydrogen-bond acceptors (Lipinski definition) is 2. The fourth-order valence-electron chi connectivity index (χ4n) is 2.32. The van der Waals surface area contributed by atoms with Crippen LogP contribution in [-0.4, -0.2) is 30.4 Å². The minimum Gasteiger partial charge on any atom is -0.338 e. The van der Waals surface area contributed by atoms with Gasteiger partial charge in [0.2, 0.25) is 0 Å². The minimum absolute atomic E-state index is 0. The highest BCUT2D eigenvalue weighted by Gasteiger charge is 2.37. The Labute approximate surface area is 135 Å². The van der Waals surface area contributed by atoms with Crippen LogP contribution in [0.5, 0.6) is 0 Å². The van der Waals surface area contributed by atoms with Gasteiger partial charge in [0, 0.05) is 17.6 Å². The molecule has 1 aromatic carbocycles. The number of carbonyl (C=O) groups is 1. The maximum Gasteiger partial charge on any atom is 0.417 e. The summed E-state index contributed by atoms with van der Waals surface area (Å²) in [6, 6.07) is 3.59. The first-order chi connectivity index (χ1) is 9.32. The van der Waals surface area contributed by atoms with Gasteiger partial charge in [0.25, 0.3) is 5.91 Å². The van der Waals surface area contributed by atoms with Gasteiger partial charge in [0.1, 0.15) is 0 Å². The second-order valence-electron chi connectivity index (χ2n) is 4.83. The van der Waals surface area contributed by atoms with Crippen LogP contribution >= 0.6 is 28.3 Å². The molecule has 0 aliphatic carbocycles. The van der Waals surface area contributed by atoms with E-state index in [9.17, 15) is 18.0 Å². The van der Waals surface area contributed by atoms with E-state index in [1.807, 2.05) is 0 Å². The Balaban J connectivity index is 0.00000220. The van der Waals surface area contributed by atoms with Gasteiger partial charge < -0.3 is 10.6 Å². The molecular weight excluding hydrogens is 373 g/mol. The average Bonchev–Trinajstić information content (AvgIpc) is 2.85. The van der Waals surface area contributed by atoms with Gasteiger partial charge in [0.05, 0.1) is 11.1 Å². The Bertz CT molecular complexity index is 525. The van der Waals surface area contributed by atoms with Crippen LogP contribution in [0.4, 0.5) is 13.2 Å². The molecular formula is C13H15BrClF3N2O. The third-order valence-corrected chi connectivity index (χ3v) is 3.92. The molecule has 0 aromatic heterocycles. The van der Waals surface area contributed by atoms with Crippen molar-refractivity contribution in [1.82, 2.24) is 4.90 Å². The van der Waals surface area contributed by atoms with Gasteiger partial charge in [-0.1, -0.05) is 15.9 Å². The summed E-state index contributed by atoms with van der Waals surface area (Å²) in [4.78, 5) is 13.7. The van der Waals surface area contributed by atoms with Crippen molar-refractivity contribution in [3.63, 3.8) is 0 Å². The lowest BCUT2D eigenvalue weighted by Gasteiger charge is -2.19. The standard InChI is InChI=1S/C13H14BrF3N2O.ClH/c14-9-1-2-10(11(5-9)13(15,16)17)12(20)19-4-3-8(6-18)7-19;/h1-2,5,8H,3-4,6-7,18H2;1H. The summed E-state index contributed by atoms with van der Waals surface area (Å²) < 4.78 is 39.3. The van der Waals surface area contributed by atoms with Crippen molar-refractivity contribution in [2.75, 3.05) is 19.6 Å². The Hall–Kier alpha value is -0.790. The molecule has 0 saturated carbocycles. The number of nitrogens with zero attached hydrogens (tertiary/aromatic N) is 1. The van der Waals surface area contributed by atoms with E-state index < -0.39 is 17.6 Å². The maximum absolute atomic E-state index is 13.0. The second kappa shape index (κ2) is 6.98. The Kier molecular flexibility index (Phi) is 6.07. The van der Waals surface area contributed by atoms with Crippen LogP contribution in [0.2, 0.25) is 0 Å². The maximum atomic E-state index is 13.0. The van der Waals surface area contributed by atoms with Gasteiger partial charge in [-0.25, -0.2) is 0 Å². The molecule has 21 heavy (non-hydrogen) atoms. The van der Waals surface area contributed by atoms with Crippen LogP contribution < -0.4 is 5.73 Å². The molecule has 1 fully saturated rings. The largest absolute Gasteiger partial charge is 0.417 e. The number of benzene rings is 1.